The van der Waals surface area contributed by atoms with E-state index in [1.807, 2.05) is 13.0 Å². The first-order valence-corrected chi connectivity index (χ1v) is 8.42. The van der Waals surface area contributed by atoms with E-state index in [1.165, 1.54) is 0 Å². The summed E-state index contributed by atoms with van der Waals surface area (Å²) in [6, 6.07) is 14.1. The monoisotopic (exact) mass is 370 g/mol. The van der Waals surface area contributed by atoms with E-state index in [0.717, 1.165) is 5.56 Å². The van der Waals surface area contributed by atoms with Gasteiger partial charge in [-0.2, -0.15) is 0 Å². The summed E-state index contributed by atoms with van der Waals surface area (Å²) in [6.45, 7) is 2.40. The minimum absolute atomic E-state index is 0.0868. The largest absolute Gasteiger partial charge is 0.494 e. The van der Waals surface area contributed by atoms with Gasteiger partial charge in [0.05, 0.1) is 19.1 Å². The lowest BCUT2D eigenvalue weighted by Gasteiger charge is -2.18. The van der Waals surface area contributed by atoms with Crippen molar-refractivity contribution < 1.29 is 19.1 Å². The zero-order valence-corrected chi connectivity index (χ0v) is 14.9. The van der Waals surface area contributed by atoms with Gasteiger partial charge in [0.2, 0.25) is 5.91 Å². The average Bonchev–Trinajstić information content (AvgIpc) is 2.67. The molecule has 2 aromatic carbocycles. The second kappa shape index (κ2) is 9.81. The summed E-state index contributed by atoms with van der Waals surface area (Å²) in [7, 11) is 0. The normalized spacial score (nSPS) is 11.1. The molecule has 0 aliphatic rings. The summed E-state index contributed by atoms with van der Waals surface area (Å²) in [5.74, 6) is -0.288. The molecule has 142 valence electrons. The lowest BCUT2D eigenvalue weighted by atomic mass is 10.0. The van der Waals surface area contributed by atoms with Gasteiger partial charge in [0.1, 0.15) is 5.75 Å². The van der Waals surface area contributed by atoms with Gasteiger partial charge in [-0.1, -0.05) is 30.3 Å². The number of amides is 4. The number of carbonyl (C=O) groups is 3. The Bertz CT molecular complexity index is 778. The average molecular weight is 370 g/mol. The van der Waals surface area contributed by atoms with Gasteiger partial charge in [-0.3, -0.25) is 20.4 Å². The van der Waals surface area contributed by atoms with Gasteiger partial charge < -0.3 is 15.8 Å². The van der Waals surface area contributed by atoms with Crippen LogP contribution >= 0.6 is 0 Å². The highest BCUT2D eigenvalue weighted by Crippen LogP contribution is 2.16. The third-order valence-corrected chi connectivity index (χ3v) is 3.65. The second-order valence-electron chi connectivity index (χ2n) is 5.64. The van der Waals surface area contributed by atoms with E-state index >= 15 is 0 Å². The van der Waals surface area contributed by atoms with Crippen LogP contribution in [0.1, 0.15) is 35.3 Å². The maximum absolute atomic E-state index is 12.1. The highest BCUT2D eigenvalue weighted by Gasteiger charge is 2.17. The summed E-state index contributed by atoms with van der Waals surface area (Å²) in [5, 5.41) is 2.52. The molecule has 0 aliphatic carbocycles. The fourth-order valence-electron chi connectivity index (χ4n) is 2.41. The van der Waals surface area contributed by atoms with Crippen molar-refractivity contribution >= 4 is 17.8 Å². The molecule has 5 N–H and O–H groups in total. The van der Waals surface area contributed by atoms with E-state index in [0.29, 0.717) is 17.9 Å². The highest BCUT2D eigenvalue weighted by atomic mass is 16.5. The fourth-order valence-corrected chi connectivity index (χ4v) is 2.41. The molecule has 4 amide bonds. The summed E-state index contributed by atoms with van der Waals surface area (Å²) >= 11 is 0. The van der Waals surface area contributed by atoms with Gasteiger partial charge in [-0.15, -0.1) is 0 Å². The molecule has 0 bridgehead atoms. The summed E-state index contributed by atoms with van der Waals surface area (Å²) in [6.07, 6.45) is -0.0868. The van der Waals surface area contributed by atoms with Crippen LogP contribution in [0.15, 0.2) is 54.6 Å². The maximum Gasteiger partial charge on any atom is 0.312 e. The Hall–Kier alpha value is -3.55. The van der Waals surface area contributed by atoms with Crippen molar-refractivity contribution in [1.29, 1.82) is 0 Å². The van der Waals surface area contributed by atoms with Crippen LogP contribution in [0, 0.1) is 0 Å². The first kappa shape index (κ1) is 19.8. The Balaban J connectivity index is 1.91. The van der Waals surface area contributed by atoms with Crippen LogP contribution in [0.4, 0.5) is 4.79 Å². The number of hydrazine groups is 1. The summed E-state index contributed by atoms with van der Waals surface area (Å²) < 4.78 is 5.31. The standard InChI is InChI=1S/C19H22N4O4/c1-2-27-15-10-8-14(9-11-15)18(25)23-22-17(24)12-16(21-19(20)26)13-6-4-3-5-7-13/h3-11,16H,2,12H2,1H3,(H,22,24)(H,23,25)(H3,20,21,26). The molecular formula is C19H22N4O4. The van der Waals surface area contributed by atoms with E-state index < -0.39 is 23.9 Å². The highest BCUT2D eigenvalue weighted by molar-refractivity contribution is 5.95. The number of nitrogens with one attached hydrogen (secondary N) is 3. The molecule has 27 heavy (non-hydrogen) atoms. The van der Waals surface area contributed by atoms with Gasteiger partial charge in [-0.05, 0) is 36.8 Å². The smallest absolute Gasteiger partial charge is 0.312 e. The Kier molecular flexibility index (Phi) is 7.18. The third-order valence-electron chi connectivity index (χ3n) is 3.65. The first-order chi connectivity index (χ1) is 13.0. The molecule has 2 rings (SSSR count). The molecule has 0 fully saturated rings. The lowest BCUT2D eigenvalue weighted by molar-refractivity contribution is -0.122. The number of rotatable bonds is 7. The van der Waals surface area contributed by atoms with Crippen molar-refractivity contribution in [2.45, 2.75) is 19.4 Å². The van der Waals surface area contributed by atoms with E-state index in [2.05, 4.69) is 16.2 Å². The van der Waals surface area contributed by atoms with Crippen LogP contribution in [0.25, 0.3) is 0 Å². The van der Waals surface area contributed by atoms with Crippen LogP contribution < -0.4 is 26.6 Å². The number of carbonyl (C=O) groups excluding carboxylic acids is 3. The van der Waals surface area contributed by atoms with Gasteiger partial charge in [0.15, 0.2) is 0 Å². The van der Waals surface area contributed by atoms with Crippen molar-refractivity contribution in [3.63, 3.8) is 0 Å². The number of ether oxygens (including phenoxy) is 1. The molecule has 0 spiro atoms. The number of nitrogens with two attached hydrogens (primary N) is 1. The van der Waals surface area contributed by atoms with Crippen molar-refractivity contribution in [3.05, 3.63) is 65.7 Å². The Morgan fingerprint density at radius 3 is 2.26 bits per heavy atom. The van der Waals surface area contributed by atoms with Crippen molar-refractivity contribution in [1.82, 2.24) is 16.2 Å². The molecule has 0 heterocycles. The van der Waals surface area contributed by atoms with Crippen LogP contribution in [-0.4, -0.2) is 24.5 Å². The van der Waals surface area contributed by atoms with Gasteiger partial charge in [0, 0.05) is 5.56 Å². The molecule has 0 aliphatic heterocycles. The van der Waals surface area contributed by atoms with Crippen LogP contribution in [0.3, 0.4) is 0 Å². The molecule has 8 heteroatoms. The van der Waals surface area contributed by atoms with Crippen LogP contribution in [0.2, 0.25) is 0 Å². The topological polar surface area (TPSA) is 123 Å². The quantitative estimate of drug-likeness (QED) is 0.553. The van der Waals surface area contributed by atoms with Crippen LogP contribution in [-0.2, 0) is 4.79 Å². The zero-order chi connectivity index (χ0) is 19.6. The van der Waals surface area contributed by atoms with Crippen LogP contribution in [0.5, 0.6) is 5.75 Å². The first-order valence-electron chi connectivity index (χ1n) is 8.42. The van der Waals surface area contributed by atoms with Crippen molar-refractivity contribution in [2.24, 2.45) is 5.73 Å². The number of hydrogen-bond acceptors (Lipinski definition) is 4. The number of primary amides is 1. The predicted octanol–water partition coefficient (Wildman–Crippen LogP) is 1.65. The number of urea groups is 1. The fraction of sp³-hybridized carbons (Fsp3) is 0.211. The Morgan fingerprint density at radius 1 is 1.00 bits per heavy atom. The van der Waals surface area contributed by atoms with E-state index in [9.17, 15) is 14.4 Å². The molecule has 1 atom stereocenters. The Morgan fingerprint density at radius 2 is 1.67 bits per heavy atom. The number of benzene rings is 2. The van der Waals surface area contributed by atoms with Crippen molar-refractivity contribution in [2.75, 3.05) is 6.61 Å². The lowest BCUT2D eigenvalue weighted by Crippen LogP contribution is -2.44. The van der Waals surface area contributed by atoms with Crippen molar-refractivity contribution in [3.8, 4) is 5.75 Å². The summed E-state index contributed by atoms with van der Waals surface area (Å²) in [5.41, 5.74) is 10.9. The molecule has 0 saturated heterocycles. The molecule has 8 nitrogen and oxygen atoms in total. The molecule has 0 saturated carbocycles. The van der Waals surface area contributed by atoms with E-state index in [1.54, 1.807) is 48.5 Å². The molecular weight excluding hydrogens is 348 g/mol. The minimum atomic E-state index is -0.741. The van der Waals surface area contributed by atoms with E-state index in [-0.39, 0.29) is 6.42 Å². The molecule has 1 unspecified atom stereocenters. The van der Waals surface area contributed by atoms with Gasteiger partial charge in [0.25, 0.3) is 5.91 Å². The maximum atomic E-state index is 12.1. The predicted molar refractivity (Wildman–Crippen MR) is 99.7 cm³/mol. The van der Waals surface area contributed by atoms with Gasteiger partial charge >= 0.3 is 6.03 Å². The Labute approximate surface area is 157 Å². The molecule has 0 radical (unpaired) electrons. The number of hydrogen-bond donors (Lipinski definition) is 4. The van der Waals surface area contributed by atoms with E-state index in [4.69, 9.17) is 10.5 Å². The van der Waals surface area contributed by atoms with Gasteiger partial charge in [-0.25, -0.2) is 4.79 Å². The molecule has 2 aromatic rings. The minimum Gasteiger partial charge on any atom is -0.494 e. The summed E-state index contributed by atoms with van der Waals surface area (Å²) in [4.78, 5) is 35.4. The second-order valence-corrected chi connectivity index (χ2v) is 5.64. The molecule has 0 aromatic heterocycles. The SMILES string of the molecule is CCOc1ccc(C(=O)NNC(=O)CC(NC(N)=O)c2ccccc2)cc1. The zero-order valence-electron chi connectivity index (χ0n) is 14.9. The third kappa shape index (κ3) is 6.35.